The molecule has 0 heterocycles. The van der Waals surface area contributed by atoms with Gasteiger partial charge in [-0.05, 0) is 63.3 Å². The summed E-state index contributed by atoms with van der Waals surface area (Å²) in [6.45, 7) is 2.06. The maximum atomic E-state index is 13.1. The zero-order valence-corrected chi connectivity index (χ0v) is 21.6. The van der Waals surface area contributed by atoms with Gasteiger partial charge in [-0.15, -0.1) is 0 Å². The van der Waals surface area contributed by atoms with Crippen molar-refractivity contribution >= 4 is 29.7 Å². The number of hydrogen-bond acceptors (Lipinski definition) is 8. The van der Waals surface area contributed by atoms with E-state index in [-0.39, 0.29) is 37.5 Å². The first-order valence-corrected chi connectivity index (χ1v) is 12.4. The average molecular weight is 537 g/mol. The van der Waals surface area contributed by atoms with Gasteiger partial charge in [0.25, 0.3) is 0 Å². The van der Waals surface area contributed by atoms with Crippen LogP contribution in [0.4, 0.5) is 0 Å². The summed E-state index contributed by atoms with van der Waals surface area (Å²) in [5, 5.41) is 26.8. The van der Waals surface area contributed by atoms with Crippen LogP contribution in [0.3, 0.4) is 0 Å². The van der Waals surface area contributed by atoms with Crippen molar-refractivity contribution in [3.05, 3.63) is 29.8 Å². The summed E-state index contributed by atoms with van der Waals surface area (Å²) < 4.78 is 0. The summed E-state index contributed by atoms with van der Waals surface area (Å²) in [5.74, 6) is -3.24. The first kappa shape index (κ1) is 32.1. The molecule has 13 N–H and O–H groups in total. The molecule has 0 saturated carbocycles. The van der Waals surface area contributed by atoms with E-state index in [1.54, 1.807) is 12.1 Å². The second kappa shape index (κ2) is 16.8. The van der Waals surface area contributed by atoms with Crippen molar-refractivity contribution in [3.63, 3.8) is 0 Å². The molecular formula is C24H40N8O6. The number of nitrogens with two attached hydrogens (primary N) is 4. The number of aliphatic imine (C=N–C) groups is 1. The highest BCUT2D eigenvalue weighted by Crippen LogP contribution is 2.12. The highest BCUT2D eigenvalue weighted by Gasteiger charge is 2.29. The minimum atomic E-state index is -1.28. The first-order chi connectivity index (χ1) is 17.9. The normalized spacial score (nSPS) is 13.9. The lowest BCUT2D eigenvalue weighted by molar-refractivity contribution is -0.142. The second-order valence-corrected chi connectivity index (χ2v) is 8.91. The predicted molar refractivity (Wildman–Crippen MR) is 142 cm³/mol. The number of rotatable bonds is 17. The Kier molecular flexibility index (Phi) is 14.2. The molecule has 0 spiro atoms. The summed E-state index contributed by atoms with van der Waals surface area (Å²) in [4.78, 5) is 54.1. The van der Waals surface area contributed by atoms with Crippen LogP contribution in [0.15, 0.2) is 29.3 Å². The van der Waals surface area contributed by atoms with Gasteiger partial charge in [0.05, 0.1) is 6.04 Å². The fourth-order valence-electron chi connectivity index (χ4n) is 3.45. The smallest absolute Gasteiger partial charge is 0.326 e. The van der Waals surface area contributed by atoms with Crippen LogP contribution in [0, 0.1) is 0 Å². The molecule has 212 valence electrons. The van der Waals surface area contributed by atoms with Crippen LogP contribution in [0.5, 0.6) is 5.75 Å². The molecule has 14 nitrogen and oxygen atoms in total. The Hall–Kier alpha value is -3.91. The van der Waals surface area contributed by atoms with Gasteiger partial charge in [-0.3, -0.25) is 19.4 Å². The Morgan fingerprint density at radius 3 is 1.89 bits per heavy atom. The number of phenolic OH excluding ortho intramolecular Hbond substituents is 1. The summed E-state index contributed by atoms with van der Waals surface area (Å²) >= 11 is 0. The summed E-state index contributed by atoms with van der Waals surface area (Å²) in [6.07, 6.45) is 1.75. The number of nitrogens with zero attached hydrogens (tertiary/aromatic N) is 1. The SMILES string of the molecule is CC(N)C(=O)NC(CCCN=C(N)N)C(=O)NC(CCCCN)C(=O)NC(Cc1ccc(O)cc1)C(=O)O. The van der Waals surface area contributed by atoms with Crippen LogP contribution in [-0.2, 0) is 25.6 Å². The van der Waals surface area contributed by atoms with Crippen LogP contribution < -0.4 is 38.9 Å². The van der Waals surface area contributed by atoms with Gasteiger partial charge in [0.1, 0.15) is 23.9 Å². The number of aromatic hydroxyl groups is 1. The minimum absolute atomic E-state index is 0.0244. The molecule has 0 aromatic heterocycles. The lowest BCUT2D eigenvalue weighted by Gasteiger charge is -2.25. The van der Waals surface area contributed by atoms with E-state index in [9.17, 15) is 29.4 Å². The number of hydrogen-bond donors (Lipinski definition) is 9. The van der Waals surface area contributed by atoms with Gasteiger partial charge in [-0.2, -0.15) is 0 Å². The Morgan fingerprint density at radius 1 is 0.868 bits per heavy atom. The number of nitrogens with one attached hydrogen (secondary N) is 3. The number of phenols is 1. The van der Waals surface area contributed by atoms with Gasteiger partial charge in [0.2, 0.25) is 17.7 Å². The molecule has 0 aliphatic rings. The van der Waals surface area contributed by atoms with Crippen molar-refractivity contribution in [2.45, 2.75) is 69.6 Å². The van der Waals surface area contributed by atoms with E-state index < -0.39 is 47.9 Å². The monoisotopic (exact) mass is 536 g/mol. The van der Waals surface area contributed by atoms with E-state index in [0.717, 1.165) is 0 Å². The molecule has 0 fully saturated rings. The van der Waals surface area contributed by atoms with Gasteiger partial charge in [-0.1, -0.05) is 12.1 Å². The van der Waals surface area contributed by atoms with Crippen LogP contribution in [0.1, 0.15) is 44.6 Å². The van der Waals surface area contributed by atoms with Crippen LogP contribution >= 0.6 is 0 Å². The van der Waals surface area contributed by atoms with Gasteiger partial charge in [-0.25, -0.2) is 4.79 Å². The van der Waals surface area contributed by atoms with E-state index >= 15 is 0 Å². The molecule has 4 unspecified atom stereocenters. The number of carbonyl (C=O) groups excluding carboxylic acids is 3. The maximum absolute atomic E-state index is 13.1. The molecule has 0 aliphatic heterocycles. The summed E-state index contributed by atoms with van der Waals surface area (Å²) in [6, 6.07) is 1.66. The largest absolute Gasteiger partial charge is 0.508 e. The molecule has 14 heteroatoms. The third-order valence-corrected chi connectivity index (χ3v) is 5.56. The van der Waals surface area contributed by atoms with Gasteiger partial charge in [0.15, 0.2) is 5.96 Å². The summed E-state index contributed by atoms with van der Waals surface area (Å²) in [7, 11) is 0. The molecule has 0 radical (unpaired) electrons. The number of carboxylic acids is 1. The molecule has 0 aliphatic carbocycles. The minimum Gasteiger partial charge on any atom is -0.508 e. The fraction of sp³-hybridized carbons (Fsp3) is 0.542. The molecule has 3 amide bonds. The highest BCUT2D eigenvalue weighted by molar-refractivity contribution is 5.94. The van der Waals surface area contributed by atoms with Crippen molar-refractivity contribution < 1.29 is 29.4 Å². The van der Waals surface area contributed by atoms with Crippen molar-refractivity contribution in [1.29, 1.82) is 0 Å². The Bertz CT molecular complexity index is 950. The van der Waals surface area contributed by atoms with E-state index in [2.05, 4.69) is 20.9 Å². The van der Waals surface area contributed by atoms with E-state index in [4.69, 9.17) is 22.9 Å². The number of guanidine groups is 1. The Morgan fingerprint density at radius 2 is 1.39 bits per heavy atom. The standard InChI is InChI=1S/C24H40N8O6/c1-14(26)20(34)30-18(6-4-12-29-24(27)28)21(35)31-17(5-2-3-11-25)22(36)32-19(23(37)38)13-15-7-9-16(33)10-8-15/h7-10,14,17-19,33H,2-6,11-13,25-26H2,1H3,(H,30,34)(H,31,35)(H,32,36)(H,37,38)(H4,27,28,29). The zero-order valence-electron chi connectivity index (χ0n) is 21.6. The number of amides is 3. The third-order valence-electron chi connectivity index (χ3n) is 5.56. The highest BCUT2D eigenvalue weighted by atomic mass is 16.4. The number of aliphatic carboxylic acids is 1. The van der Waals surface area contributed by atoms with E-state index in [1.807, 2.05) is 0 Å². The van der Waals surface area contributed by atoms with Gasteiger partial charge >= 0.3 is 5.97 Å². The van der Waals surface area contributed by atoms with Crippen LogP contribution in [0.2, 0.25) is 0 Å². The molecule has 0 saturated heterocycles. The van der Waals surface area contributed by atoms with Crippen molar-refractivity contribution in [2.24, 2.45) is 27.9 Å². The van der Waals surface area contributed by atoms with Gasteiger partial charge in [0, 0.05) is 13.0 Å². The Balaban J connectivity index is 3.01. The first-order valence-electron chi connectivity index (χ1n) is 12.4. The third kappa shape index (κ3) is 12.4. The number of unbranched alkanes of at least 4 members (excludes halogenated alkanes) is 1. The van der Waals surface area contributed by atoms with E-state index in [1.165, 1.54) is 19.1 Å². The second-order valence-electron chi connectivity index (χ2n) is 8.91. The average Bonchev–Trinajstić information content (AvgIpc) is 2.85. The van der Waals surface area contributed by atoms with Crippen molar-refractivity contribution in [3.8, 4) is 5.75 Å². The fourth-order valence-corrected chi connectivity index (χ4v) is 3.45. The Labute approximate surface area is 221 Å². The molecule has 1 aromatic carbocycles. The molecule has 0 bridgehead atoms. The number of carbonyl (C=O) groups is 4. The van der Waals surface area contributed by atoms with E-state index in [0.29, 0.717) is 31.4 Å². The quantitative estimate of drug-likeness (QED) is 0.0600. The molecular weight excluding hydrogens is 496 g/mol. The van der Waals surface area contributed by atoms with Crippen LogP contribution in [-0.4, -0.2) is 77.1 Å². The lowest BCUT2D eigenvalue weighted by Crippen LogP contribution is -2.57. The molecule has 38 heavy (non-hydrogen) atoms. The van der Waals surface area contributed by atoms with Crippen molar-refractivity contribution in [1.82, 2.24) is 16.0 Å². The molecule has 1 aromatic rings. The zero-order chi connectivity index (χ0) is 28.7. The van der Waals surface area contributed by atoms with Gasteiger partial charge < -0.3 is 49.1 Å². The maximum Gasteiger partial charge on any atom is 0.326 e. The predicted octanol–water partition coefficient (Wildman–Crippen LogP) is -2.00. The number of carboxylic acid groups (broad SMARTS) is 1. The molecule has 1 rings (SSSR count). The number of benzene rings is 1. The topological polar surface area (TPSA) is 261 Å². The summed E-state index contributed by atoms with van der Waals surface area (Å²) in [5.41, 5.74) is 22.4. The van der Waals surface area contributed by atoms with Crippen molar-refractivity contribution in [2.75, 3.05) is 13.1 Å². The lowest BCUT2D eigenvalue weighted by atomic mass is 10.0. The van der Waals surface area contributed by atoms with Crippen LogP contribution in [0.25, 0.3) is 0 Å². The molecule has 4 atom stereocenters.